The number of aryl methyl sites for hydroxylation is 1. The summed E-state index contributed by atoms with van der Waals surface area (Å²) in [6.45, 7) is 1.89. The Balaban J connectivity index is 2.95. The maximum Gasteiger partial charge on any atom is 0.161 e. The molecular formula is C13H17NO3S. The maximum absolute atomic E-state index is 12.1. The quantitative estimate of drug-likeness (QED) is 0.743. The van der Waals surface area contributed by atoms with E-state index in [0.717, 1.165) is 10.5 Å². The molecular weight excluding hydrogens is 250 g/mol. The van der Waals surface area contributed by atoms with Crippen LogP contribution in [0.4, 0.5) is 0 Å². The van der Waals surface area contributed by atoms with Gasteiger partial charge in [-0.3, -0.25) is 4.21 Å². The zero-order chi connectivity index (χ0) is 13.5. The Morgan fingerprint density at radius 1 is 1.28 bits per heavy atom. The number of hydrogen-bond donors (Lipinski definition) is 0. The molecule has 0 aromatic heterocycles. The fourth-order valence-electron chi connectivity index (χ4n) is 1.60. The first-order chi connectivity index (χ1) is 8.63. The number of benzene rings is 1. The van der Waals surface area contributed by atoms with Crippen LogP contribution >= 0.6 is 0 Å². The Morgan fingerprint density at radius 2 is 1.89 bits per heavy atom. The standard InChI is InChI=1S/C13H17NO3S/c1-10-8-11(16-2)12(17-3)9-13(10)18(15)7-5-4-6-14/h8-9H,4-5,7H2,1-3H3/t18-/m0/s1. The summed E-state index contributed by atoms with van der Waals surface area (Å²) in [5.41, 5.74) is 0.906. The zero-order valence-corrected chi connectivity index (χ0v) is 11.7. The van der Waals surface area contributed by atoms with Crippen molar-refractivity contribution in [1.82, 2.24) is 0 Å². The lowest BCUT2D eigenvalue weighted by Crippen LogP contribution is -2.02. The second-order valence-corrected chi connectivity index (χ2v) is 5.32. The lowest BCUT2D eigenvalue weighted by Gasteiger charge is -2.12. The molecule has 0 aliphatic rings. The molecule has 0 radical (unpaired) electrons. The lowest BCUT2D eigenvalue weighted by atomic mass is 10.2. The van der Waals surface area contributed by atoms with Crippen LogP contribution in [0.1, 0.15) is 18.4 Å². The lowest BCUT2D eigenvalue weighted by molar-refractivity contribution is 0.353. The van der Waals surface area contributed by atoms with E-state index in [1.807, 2.05) is 13.0 Å². The molecule has 0 amide bonds. The van der Waals surface area contributed by atoms with E-state index in [9.17, 15) is 4.21 Å². The second-order valence-electron chi connectivity index (χ2n) is 3.78. The van der Waals surface area contributed by atoms with Gasteiger partial charge in [0, 0.05) is 23.1 Å². The van der Waals surface area contributed by atoms with Crippen molar-refractivity contribution in [2.45, 2.75) is 24.7 Å². The van der Waals surface area contributed by atoms with Crippen LogP contribution in [0.15, 0.2) is 17.0 Å². The minimum Gasteiger partial charge on any atom is -0.493 e. The van der Waals surface area contributed by atoms with Crippen LogP contribution in [0, 0.1) is 18.3 Å². The van der Waals surface area contributed by atoms with Gasteiger partial charge >= 0.3 is 0 Å². The van der Waals surface area contributed by atoms with Crippen LogP contribution < -0.4 is 9.47 Å². The molecule has 0 saturated heterocycles. The number of nitrogens with zero attached hydrogens (tertiary/aromatic N) is 1. The topological polar surface area (TPSA) is 59.3 Å². The summed E-state index contributed by atoms with van der Waals surface area (Å²) in [5, 5.41) is 8.47. The molecule has 98 valence electrons. The molecule has 0 N–H and O–H groups in total. The first-order valence-electron chi connectivity index (χ1n) is 5.62. The predicted molar refractivity (Wildman–Crippen MR) is 70.4 cm³/mol. The molecule has 0 spiro atoms. The summed E-state index contributed by atoms with van der Waals surface area (Å²) in [5.74, 6) is 1.70. The van der Waals surface area contributed by atoms with Gasteiger partial charge in [0.1, 0.15) is 0 Å². The number of nitriles is 1. The number of methoxy groups -OCH3 is 2. The molecule has 18 heavy (non-hydrogen) atoms. The predicted octanol–water partition coefficient (Wildman–Crippen LogP) is 2.42. The number of unbranched alkanes of at least 4 members (excludes halogenated alkanes) is 1. The molecule has 0 bridgehead atoms. The molecule has 0 aliphatic carbocycles. The van der Waals surface area contributed by atoms with Crippen molar-refractivity contribution in [1.29, 1.82) is 5.26 Å². The fourth-order valence-corrected chi connectivity index (χ4v) is 2.88. The van der Waals surface area contributed by atoms with Gasteiger partial charge in [-0.15, -0.1) is 0 Å². The Hall–Kier alpha value is -1.54. The SMILES string of the molecule is COc1cc(C)c([S@@](=O)CCCC#N)cc1OC. The monoisotopic (exact) mass is 267 g/mol. The largest absolute Gasteiger partial charge is 0.493 e. The highest BCUT2D eigenvalue weighted by Gasteiger charge is 2.13. The molecule has 0 unspecified atom stereocenters. The summed E-state index contributed by atoms with van der Waals surface area (Å²) < 4.78 is 22.5. The van der Waals surface area contributed by atoms with E-state index in [0.29, 0.717) is 30.1 Å². The minimum absolute atomic E-state index is 0.429. The van der Waals surface area contributed by atoms with Gasteiger partial charge in [-0.1, -0.05) is 0 Å². The summed E-state index contributed by atoms with van der Waals surface area (Å²) in [4.78, 5) is 0.741. The van der Waals surface area contributed by atoms with Crippen LogP contribution in [-0.2, 0) is 10.8 Å². The molecule has 1 atom stereocenters. The summed E-state index contributed by atoms with van der Waals surface area (Å²) >= 11 is 0. The first kappa shape index (κ1) is 14.5. The van der Waals surface area contributed by atoms with E-state index in [2.05, 4.69) is 6.07 Å². The maximum atomic E-state index is 12.1. The average Bonchev–Trinajstić information content (AvgIpc) is 2.38. The molecule has 1 aromatic carbocycles. The highest BCUT2D eigenvalue weighted by Crippen LogP contribution is 2.31. The van der Waals surface area contributed by atoms with Gasteiger partial charge < -0.3 is 9.47 Å². The molecule has 0 fully saturated rings. The summed E-state index contributed by atoms with van der Waals surface area (Å²) in [6.07, 6.45) is 1.06. The van der Waals surface area contributed by atoms with Gasteiger partial charge in [0.25, 0.3) is 0 Å². The normalized spacial score (nSPS) is 11.7. The Labute approximate surface area is 110 Å². The number of rotatable bonds is 6. The van der Waals surface area contributed by atoms with E-state index < -0.39 is 10.8 Å². The van der Waals surface area contributed by atoms with Crippen molar-refractivity contribution in [2.24, 2.45) is 0 Å². The Kier molecular flexibility index (Phi) is 5.66. The van der Waals surface area contributed by atoms with Gasteiger partial charge in [0.2, 0.25) is 0 Å². The molecule has 0 heterocycles. The van der Waals surface area contributed by atoms with Crippen molar-refractivity contribution >= 4 is 10.8 Å². The van der Waals surface area contributed by atoms with Crippen molar-refractivity contribution in [2.75, 3.05) is 20.0 Å². The smallest absolute Gasteiger partial charge is 0.161 e. The van der Waals surface area contributed by atoms with E-state index >= 15 is 0 Å². The van der Waals surface area contributed by atoms with Crippen molar-refractivity contribution in [3.63, 3.8) is 0 Å². The first-order valence-corrected chi connectivity index (χ1v) is 6.94. The summed E-state index contributed by atoms with van der Waals surface area (Å²) in [7, 11) is 2.02. The third kappa shape index (κ3) is 3.47. The summed E-state index contributed by atoms with van der Waals surface area (Å²) in [6, 6.07) is 5.61. The Morgan fingerprint density at radius 3 is 2.44 bits per heavy atom. The highest BCUT2D eigenvalue weighted by molar-refractivity contribution is 7.85. The van der Waals surface area contributed by atoms with Gasteiger partial charge in [-0.05, 0) is 25.0 Å². The molecule has 1 rings (SSSR count). The van der Waals surface area contributed by atoms with E-state index in [4.69, 9.17) is 14.7 Å². The van der Waals surface area contributed by atoms with Crippen LogP contribution in [0.2, 0.25) is 0 Å². The van der Waals surface area contributed by atoms with Gasteiger partial charge in [0.05, 0.1) is 31.1 Å². The van der Waals surface area contributed by atoms with E-state index in [-0.39, 0.29) is 0 Å². The molecule has 4 nitrogen and oxygen atoms in total. The third-order valence-electron chi connectivity index (χ3n) is 2.54. The van der Waals surface area contributed by atoms with Crippen LogP contribution in [-0.4, -0.2) is 24.2 Å². The van der Waals surface area contributed by atoms with Crippen LogP contribution in [0.5, 0.6) is 11.5 Å². The Bertz CT molecular complexity index is 480. The molecule has 0 saturated carbocycles. The van der Waals surface area contributed by atoms with Gasteiger partial charge in [-0.25, -0.2) is 0 Å². The molecule has 0 aliphatic heterocycles. The average molecular weight is 267 g/mol. The molecule has 5 heteroatoms. The van der Waals surface area contributed by atoms with E-state index in [1.54, 1.807) is 20.3 Å². The van der Waals surface area contributed by atoms with Crippen molar-refractivity contribution < 1.29 is 13.7 Å². The van der Waals surface area contributed by atoms with Crippen LogP contribution in [0.25, 0.3) is 0 Å². The number of hydrogen-bond acceptors (Lipinski definition) is 4. The fraction of sp³-hybridized carbons (Fsp3) is 0.462. The number of ether oxygens (including phenoxy) is 2. The second kappa shape index (κ2) is 7.02. The minimum atomic E-state index is -1.11. The molecule has 1 aromatic rings. The van der Waals surface area contributed by atoms with Gasteiger partial charge in [-0.2, -0.15) is 5.26 Å². The zero-order valence-electron chi connectivity index (χ0n) is 10.9. The van der Waals surface area contributed by atoms with Crippen molar-refractivity contribution in [3.05, 3.63) is 17.7 Å². The van der Waals surface area contributed by atoms with Gasteiger partial charge in [0.15, 0.2) is 11.5 Å². The van der Waals surface area contributed by atoms with Crippen molar-refractivity contribution in [3.8, 4) is 17.6 Å². The third-order valence-corrected chi connectivity index (χ3v) is 4.13. The van der Waals surface area contributed by atoms with Crippen LogP contribution in [0.3, 0.4) is 0 Å². The highest BCUT2D eigenvalue weighted by atomic mass is 32.2. The van der Waals surface area contributed by atoms with E-state index in [1.165, 1.54) is 0 Å².